The number of carbonyl (C=O) groups excluding carboxylic acids is 1. The van der Waals surface area contributed by atoms with Crippen LogP contribution in [0.25, 0.3) is 0 Å². The van der Waals surface area contributed by atoms with Gasteiger partial charge in [0.05, 0.1) is 5.75 Å². The molecule has 2 heterocycles. The van der Waals surface area contributed by atoms with E-state index in [0.29, 0.717) is 5.16 Å². The number of thioether (sulfide) groups is 1. The van der Waals surface area contributed by atoms with Crippen molar-refractivity contribution in [3.63, 3.8) is 0 Å². The lowest BCUT2D eigenvalue weighted by Crippen LogP contribution is -2.37. The second kappa shape index (κ2) is 5.56. The van der Waals surface area contributed by atoms with E-state index < -0.39 is 0 Å². The highest BCUT2D eigenvalue weighted by Crippen LogP contribution is 2.36. The fourth-order valence-corrected chi connectivity index (χ4v) is 4.06. The summed E-state index contributed by atoms with van der Waals surface area (Å²) in [6.45, 7) is 2.07. The lowest BCUT2D eigenvalue weighted by molar-refractivity contribution is -0.116. The second-order valence-corrected chi connectivity index (χ2v) is 7.09. The summed E-state index contributed by atoms with van der Waals surface area (Å²) >= 11 is 1.34. The number of carbonyl (C=O) groups is 1. The van der Waals surface area contributed by atoms with Crippen LogP contribution < -0.4 is 10.6 Å². The number of amides is 1. The fraction of sp³-hybridized carbons (Fsp3) is 0.438. The van der Waals surface area contributed by atoms with Gasteiger partial charge in [-0.05, 0) is 37.8 Å². The molecule has 1 aliphatic heterocycles. The zero-order valence-corrected chi connectivity index (χ0v) is 13.7. The normalized spacial score (nSPS) is 19.9. The number of para-hydroxylation sites is 1. The highest BCUT2D eigenvalue weighted by Gasteiger charge is 2.32. The molecule has 1 amide bonds. The number of aromatic nitrogens is 3. The molecule has 4 rings (SSSR count). The number of fused-ring (bicyclic) bond motifs is 1. The Morgan fingerprint density at radius 1 is 1.39 bits per heavy atom. The van der Waals surface area contributed by atoms with Crippen molar-refractivity contribution in [2.75, 3.05) is 10.7 Å². The summed E-state index contributed by atoms with van der Waals surface area (Å²) in [5, 5.41) is 7.16. The summed E-state index contributed by atoms with van der Waals surface area (Å²) in [7, 11) is 0. The number of H-pyrrole nitrogens is 1. The molecule has 0 unspecified atom stereocenters. The molecule has 0 spiro atoms. The van der Waals surface area contributed by atoms with Gasteiger partial charge in [0, 0.05) is 17.8 Å². The molecule has 1 aliphatic carbocycles. The van der Waals surface area contributed by atoms with Gasteiger partial charge in [0.1, 0.15) is 0 Å². The minimum absolute atomic E-state index is 0.0604. The molecule has 1 atom stereocenters. The predicted octanol–water partition coefficient (Wildman–Crippen LogP) is 1.98. The third-order valence-electron chi connectivity index (χ3n) is 4.38. The third kappa shape index (κ3) is 2.59. The molecule has 23 heavy (non-hydrogen) atoms. The molecule has 1 fully saturated rings. The zero-order valence-electron chi connectivity index (χ0n) is 12.9. The largest absolute Gasteiger partial charge is 0.344 e. The molecule has 1 aromatic heterocycles. The first kappa shape index (κ1) is 14.6. The maximum Gasteiger partial charge on any atom is 0.344 e. The van der Waals surface area contributed by atoms with Gasteiger partial charge in [-0.1, -0.05) is 30.0 Å². The SMILES string of the molecule is C[C@@H]1Cc2ccccc2N1C(=O)CSc1n[nH]c(=O)n1C1CC1. The van der Waals surface area contributed by atoms with Crippen molar-refractivity contribution in [2.24, 2.45) is 0 Å². The minimum Gasteiger partial charge on any atom is -0.308 e. The van der Waals surface area contributed by atoms with Crippen LogP contribution in [0.5, 0.6) is 0 Å². The summed E-state index contributed by atoms with van der Waals surface area (Å²) in [6.07, 6.45) is 2.91. The quantitative estimate of drug-likeness (QED) is 0.870. The summed E-state index contributed by atoms with van der Waals surface area (Å²) in [5.74, 6) is 0.348. The predicted molar refractivity (Wildman–Crippen MR) is 88.9 cm³/mol. The smallest absolute Gasteiger partial charge is 0.308 e. The highest BCUT2D eigenvalue weighted by molar-refractivity contribution is 7.99. The minimum atomic E-state index is -0.178. The Hall–Kier alpha value is -2.02. The van der Waals surface area contributed by atoms with E-state index in [1.165, 1.54) is 17.3 Å². The van der Waals surface area contributed by atoms with Crippen molar-refractivity contribution >= 4 is 23.4 Å². The first-order valence-electron chi connectivity index (χ1n) is 7.85. The number of rotatable bonds is 4. The number of hydrogen-bond donors (Lipinski definition) is 1. The first-order chi connectivity index (χ1) is 11.1. The number of anilines is 1. The Labute approximate surface area is 137 Å². The molecule has 0 bridgehead atoms. The van der Waals surface area contributed by atoms with Crippen molar-refractivity contribution in [1.29, 1.82) is 0 Å². The van der Waals surface area contributed by atoms with Gasteiger partial charge in [0.2, 0.25) is 5.91 Å². The molecule has 0 radical (unpaired) electrons. The zero-order chi connectivity index (χ0) is 16.0. The van der Waals surface area contributed by atoms with E-state index in [1.807, 2.05) is 23.1 Å². The molecule has 7 heteroatoms. The van der Waals surface area contributed by atoms with Crippen molar-refractivity contribution in [3.05, 3.63) is 40.3 Å². The maximum absolute atomic E-state index is 12.7. The number of nitrogens with one attached hydrogen (secondary N) is 1. The van der Waals surface area contributed by atoms with Crippen LogP contribution in [0.15, 0.2) is 34.2 Å². The molecule has 6 nitrogen and oxygen atoms in total. The van der Waals surface area contributed by atoms with Crippen LogP contribution in [0.4, 0.5) is 5.69 Å². The van der Waals surface area contributed by atoms with E-state index in [2.05, 4.69) is 23.2 Å². The maximum atomic E-state index is 12.7. The van der Waals surface area contributed by atoms with E-state index in [4.69, 9.17) is 0 Å². The van der Waals surface area contributed by atoms with Crippen LogP contribution in [-0.4, -0.2) is 32.5 Å². The number of aromatic amines is 1. The lowest BCUT2D eigenvalue weighted by Gasteiger charge is -2.22. The van der Waals surface area contributed by atoms with Gasteiger partial charge < -0.3 is 4.90 Å². The van der Waals surface area contributed by atoms with Crippen LogP contribution in [-0.2, 0) is 11.2 Å². The first-order valence-corrected chi connectivity index (χ1v) is 8.83. The van der Waals surface area contributed by atoms with E-state index in [0.717, 1.165) is 24.9 Å². The van der Waals surface area contributed by atoms with Gasteiger partial charge in [-0.3, -0.25) is 9.36 Å². The highest BCUT2D eigenvalue weighted by atomic mass is 32.2. The van der Waals surface area contributed by atoms with Crippen molar-refractivity contribution in [2.45, 2.75) is 43.4 Å². The van der Waals surface area contributed by atoms with Gasteiger partial charge >= 0.3 is 5.69 Å². The molecule has 2 aliphatic rings. The Morgan fingerprint density at radius 2 is 2.17 bits per heavy atom. The Kier molecular flexibility index (Phi) is 3.52. The molecular formula is C16H18N4O2S. The van der Waals surface area contributed by atoms with Gasteiger partial charge in [0.25, 0.3) is 0 Å². The van der Waals surface area contributed by atoms with Crippen LogP contribution >= 0.6 is 11.8 Å². The van der Waals surface area contributed by atoms with E-state index in [-0.39, 0.29) is 29.4 Å². The van der Waals surface area contributed by atoms with Gasteiger partial charge in [0.15, 0.2) is 5.16 Å². The van der Waals surface area contributed by atoms with Crippen molar-refractivity contribution in [1.82, 2.24) is 14.8 Å². The summed E-state index contributed by atoms with van der Waals surface area (Å²) < 4.78 is 1.68. The monoisotopic (exact) mass is 330 g/mol. The van der Waals surface area contributed by atoms with E-state index in [9.17, 15) is 9.59 Å². The Morgan fingerprint density at radius 3 is 2.96 bits per heavy atom. The average Bonchev–Trinajstić information content (AvgIpc) is 3.21. The van der Waals surface area contributed by atoms with Crippen molar-refractivity contribution < 1.29 is 4.79 Å². The topological polar surface area (TPSA) is 71.0 Å². The second-order valence-electron chi connectivity index (χ2n) is 6.15. The number of benzene rings is 1. The molecule has 0 saturated heterocycles. The van der Waals surface area contributed by atoms with E-state index >= 15 is 0 Å². The Bertz CT molecular complexity index is 808. The van der Waals surface area contributed by atoms with Crippen LogP contribution in [0.3, 0.4) is 0 Å². The van der Waals surface area contributed by atoms with Crippen LogP contribution in [0, 0.1) is 0 Å². The summed E-state index contributed by atoms with van der Waals surface area (Å²) in [5.41, 5.74) is 2.04. The van der Waals surface area contributed by atoms with Crippen LogP contribution in [0.1, 0.15) is 31.4 Å². The molecule has 1 aromatic carbocycles. The summed E-state index contributed by atoms with van der Waals surface area (Å²) in [6, 6.07) is 8.46. The number of nitrogens with zero attached hydrogens (tertiary/aromatic N) is 3. The van der Waals surface area contributed by atoms with Crippen LogP contribution in [0.2, 0.25) is 0 Å². The molecule has 120 valence electrons. The molecule has 1 N–H and O–H groups in total. The standard InChI is InChI=1S/C16H18N4O2S/c1-10-8-11-4-2-3-5-13(11)19(10)14(21)9-23-16-18-17-15(22)20(16)12-6-7-12/h2-5,10,12H,6-9H2,1H3,(H,17,22)/t10-/m1/s1. The molecule has 1 saturated carbocycles. The average molecular weight is 330 g/mol. The molecular weight excluding hydrogens is 312 g/mol. The van der Waals surface area contributed by atoms with Crippen molar-refractivity contribution in [3.8, 4) is 0 Å². The fourth-order valence-electron chi connectivity index (χ4n) is 3.19. The summed E-state index contributed by atoms with van der Waals surface area (Å²) in [4.78, 5) is 26.3. The molecule has 2 aromatic rings. The van der Waals surface area contributed by atoms with E-state index in [1.54, 1.807) is 4.57 Å². The number of hydrogen-bond acceptors (Lipinski definition) is 4. The Balaban J connectivity index is 1.50. The van der Waals surface area contributed by atoms with Gasteiger partial charge in [-0.25, -0.2) is 9.89 Å². The third-order valence-corrected chi connectivity index (χ3v) is 5.32. The lowest BCUT2D eigenvalue weighted by atomic mass is 10.1. The van der Waals surface area contributed by atoms with Gasteiger partial charge in [-0.2, -0.15) is 0 Å². The van der Waals surface area contributed by atoms with Gasteiger partial charge in [-0.15, -0.1) is 5.10 Å².